The second-order valence-electron chi connectivity index (χ2n) is 5.94. The fourth-order valence-electron chi connectivity index (χ4n) is 2.55. The van der Waals surface area contributed by atoms with Gasteiger partial charge in [0.1, 0.15) is 6.04 Å². The van der Waals surface area contributed by atoms with Crippen molar-refractivity contribution in [2.45, 2.75) is 26.3 Å². The third-order valence-corrected chi connectivity index (χ3v) is 6.22. The Morgan fingerprint density at radius 1 is 1.23 bits per heavy atom. The van der Waals surface area contributed by atoms with Gasteiger partial charge in [-0.05, 0) is 59.6 Å². The summed E-state index contributed by atoms with van der Waals surface area (Å²) < 4.78 is 26.6. The molecule has 8 heteroatoms. The molecule has 0 heterocycles. The molecule has 0 saturated heterocycles. The molecule has 1 amide bonds. The zero-order valence-corrected chi connectivity index (χ0v) is 17.8. The van der Waals surface area contributed by atoms with Gasteiger partial charge in [-0.3, -0.25) is 9.10 Å². The molecular formula is C18H20BrClN2O3S. The number of nitrogens with one attached hydrogen (secondary N) is 1. The number of anilines is 2. The van der Waals surface area contributed by atoms with Gasteiger partial charge >= 0.3 is 0 Å². The maximum Gasteiger partial charge on any atom is 0.248 e. The van der Waals surface area contributed by atoms with Crippen LogP contribution in [0, 0.1) is 6.92 Å². The van der Waals surface area contributed by atoms with E-state index < -0.39 is 22.0 Å². The lowest BCUT2D eigenvalue weighted by atomic mass is 10.1. The van der Waals surface area contributed by atoms with E-state index in [1.807, 2.05) is 19.1 Å². The van der Waals surface area contributed by atoms with Crippen molar-refractivity contribution in [2.75, 3.05) is 15.9 Å². The summed E-state index contributed by atoms with van der Waals surface area (Å²) >= 11 is 9.34. The Kier molecular flexibility index (Phi) is 6.71. The van der Waals surface area contributed by atoms with Crippen molar-refractivity contribution in [2.24, 2.45) is 0 Å². The van der Waals surface area contributed by atoms with Crippen LogP contribution in [0.25, 0.3) is 0 Å². The van der Waals surface area contributed by atoms with E-state index in [0.29, 0.717) is 27.3 Å². The molecule has 0 spiro atoms. The minimum absolute atomic E-state index is 0.317. The molecule has 0 aliphatic heterocycles. The van der Waals surface area contributed by atoms with Crippen LogP contribution < -0.4 is 9.62 Å². The van der Waals surface area contributed by atoms with Crippen LogP contribution in [0.5, 0.6) is 0 Å². The maximum atomic E-state index is 12.8. The monoisotopic (exact) mass is 458 g/mol. The van der Waals surface area contributed by atoms with Crippen LogP contribution in [0.1, 0.15) is 18.9 Å². The van der Waals surface area contributed by atoms with E-state index in [4.69, 9.17) is 11.6 Å². The number of nitrogens with zero attached hydrogens (tertiary/aromatic N) is 1. The van der Waals surface area contributed by atoms with Crippen LogP contribution in [0.3, 0.4) is 0 Å². The molecule has 1 N–H and O–H groups in total. The lowest BCUT2D eigenvalue weighted by Crippen LogP contribution is -2.47. The van der Waals surface area contributed by atoms with Gasteiger partial charge < -0.3 is 5.32 Å². The molecule has 0 unspecified atom stereocenters. The van der Waals surface area contributed by atoms with Crippen LogP contribution in [-0.4, -0.2) is 26.6 Å². The quantitative estimate of drug-likeness (QED) is 0.687. The molecule has 0 aliphatic rings. The Labute approximate surface area is 167 Å². The third-order valence-electron chi connectivity index (χ3n) is 3.81. The summed E-state index contributed by atoms with van der Waals surface area (Å²) in [6, 6.07) is 11.2. The SMILES string of the molecule is CC[C@@H](C(=O)Nc1ccc(Br)c(Cl)c1)N(c1ccc(C)cc1)S(C)(=O)=O. The summed E-state index contributed by atoms with van der Waals surface area (Å²) in [6.45, 7) is 3.68. The Bertz CT molecular complexity index is 901. The number of halogens is 2. The minimum atomic E-state index is -3.66. The number of sulfonamides is 1. The second kappa shape index (κ2) is 8.41. The molecule has 140 valence electrons. The van der Waals surface area contributed by atoms with E-state index in [9.17, 15) is 13.2 Å². The largest absolute Gasteiger partial charge is 0.324 e. The van der Waals surface area contributed by atoms with Gasteiger partial charge in [-0.2, -0.15) is 0 Å². The van der Waals surface area contributed by atoms with Crippen LogP contribution in [0.4, 0.5) is 11.4 Å². The smallest absolute Gasteiger partial charge is 0.248 e. The molecule has 0 bridgehead atoms. The summed E-state index contributed by atoms with van der Waals surface area (Å²) in [7, 11) is -3.66. The van der Waals surface area contributed by atoms with Gasteiger partial charge in [0.25, 0.3) is 0 Å². The van der Waals surface area contributed by atoms with Crippen molar-refractivity contribution in [3.63, 3.8) is 0 Å². The molecule has 0 fully saturated rings. The van der Waals surface area contributed by atoms with E-state index in [1.165, 1.54) is 0 Å². The van der Waals surface area contributed by atoms with Crippen molar-refractivity contribution in [3.8, 4) is 0 Å². The molecule has 0 aliphatic carbocycles. The fourth-order valence-corrected chi connectivity index (χ4v) is 4.19. The predicted molar refractivity (Wildman–Crippen MR) is 110 cm³/mol. The normalized spacial score (nSPS) is 12.5. The number of carbonyl (C=O) groups excluding carboxylic acids is 1. The standard InChI is InChI=1S/C18H20BrClN2O3S/c1-4-17(18(23)21-13-7-10-15(19)16(20)11-13)22(26(3,24)25)14-8-5-12(2)6-9-14/h5-11,17H,4H2,1-3H3,(H,21,23)/t17-/m0/s1. The number of carbonyl (C=O) groups is 1. The van der Waals surface area contributed by atoms with Crippen molar-refractivity contribution in [1.82, 2.24) is 0 Å². The molecule has 5 nitrogen and oxygen atoms in total. The molecule has 2 aromatic carbocycles. The highest BCUT2D eigenvalue weighted by Crippen LogP contribution is 2.27. The highest BCUT2D eigenvalue weighted by Gasteiger charge is 2.31. The second-order valence-corrected chi connectivity index (χ2v) is 9.06. The van der Waals surface area contributed by atoms with Crippen molar-refractivity contribution >= 4 is 54.8 Å². The van der Waals surface area contributed by atoms with Gasteiger partial charge in [0.15, 0.2) is 0 Å². The first-order valence-electron chi connectivity index (χ1n) is 7.95. The number of hydrogen-bond donors (Lipinski definition) is 1. The lowest BCUT2D eigenvalue weighted by Gasteiger charge is -2.30. The van der Waals surface area contributed by atoms with Gasteiger partial charge in [-0.1, -0.05) is 36.2 Å². The third kappa shape index (κ3) is 4.99. The molecule has 2 aromatic rings. The molecular weight excluding hydrogens is 440 g/mol. The van der Waals surface area contributed by atoms with E-state index in [1.54, 1.807) is 37.3 Å². The first-order valence-corrected chi connectivity index (χ1v) is 11.0. The zero-order valence-electron chi connectivity index (χ0n) is 14.7. The zero-order chi connectivity index (χ0) is 19.5. The van der Waals surface area contributed by atoms with Crippen LogP contribution in [0.2, 0.25) is 5.02 Å². The van der Waals surface area contributed by atoms with E-state index in [2.05, 4.69) is 21.2 Å². The molecule has 1 atom stereocenters. The molecule has 2 rings (SSSR count). The average Bonchev–Trinajstić information content (AvgIpc) is 2.56. The van der Waals surface area contributed by atoms with Crippen LogP contribution >= 0.6 is 27.5 Å². The Morgan fingerprint density at radius 3 is 2.35 bits per heavy atom. The topological polar surface area (TPSA) is 66.5 Å². The van der Waals surface area contributed by atoms with Crippen LogP contribution in [0.15, 0.2) is 46.9 Å². The highest BCUT2D eigenvalue weighted by atomic mass is 79.9. The summed E-state index contributed by atoms with van der Waals surface area (Å²) in [5, 5.41) is 3.20. The Morgan fingerprint density at radius 2 is 1.85 bits per heavy atom. The summed E-state index contributed by atoms with van der Waals surface area (Å²) in [6.07, 6.45) is 1.41. The molecule has 0 aromatic heterocycles. The van der Waals surface area contributed by atoms with Gasteiger partial charge in [0, 0.05) is 10.2 Å². The molecule has 0 saturated carbocycles. The summed E-state index contributed by atoms with van der Waals surface area (Å²) in [4.78, 5) is 12.8. The van der Waals surface area contributed by atoms with E-state index in [-0.39, 0.29) is 0 Å². The van der Waals surface area contributed by atoms with Crippen molar-refractivity contribution in [3.05, 3.63) is 57.5 Å². The fraction of sp³-hybridized carbons (Fsp3) is 0.278. The van der Waals surface area contributed by atoms with Gasteiger partial charge in [0.2, 0.25) is 15.9 Å². The summed E-state index contributed by atoms with van der Waals surface area (Å²) in [5.41, 5.74) is 1.96. The average molecular weight is 460 g/mol. The van der Waals surface area contributed by atoms with Crippen LogP contribution in [-0.2, 0) is 14.8 Å². The van der Waals surface area contributed by atoms with E-state index >= 15 is 0 Å². The van der Waals surface area contributed by atoms with Gasteiger partial charge in [0.05, 0.1) is 17.0 Å². The van der Waals surface area contributed by atoms with Gasteiger partial charge in [-0.15, -0.1) is 0 Å². The maximum absolute atomic E-state index is 12.8. The lowest BCUT2D eigenvalue weighted by molar-refractivity contribution is -0.117. The number of amides is 1. The highest BCUT2D eigenvalue weighted by molar-refractivity contribution is 9.10. The Balaban J connectivity index is 2.36. The Hall–Kier alpha value is -1.57. The molecule has 0 radical (unpaired) electrons. The van der Waals surface area contributed by atoms with Crippen molar-refractivity contribution < 1.29 is 13.2 Å². The first kappa shape index (κ1) is 20.7. The summed E-state index contributed by atoms with van der Waals surface area (Å²) in [5.74, 6) is -0.420. The van der Waals surface area contributed by atoms with E-state index in [0.717, 1.165) is 16.1 Å². The van der Waals surface area contributed by atoms with Crippen molar-refractivity contribution in [1.29, 1.82) is 0 Å². The first-order chi connectivity index (χ1) is 12.1. The number of benzene rings is 2. The van der Waals surface area contributed by atoms with Gasteiger partial charge in [-0.25, -0.2) is 8.42 Å². The minimum Gasteiger partial charge on any atom is -0.324 e. The number of rotatable bonds is 6. The number of aryl methyl sites for hydroxylation is 1. The number of hydrogen-bond acceptors (Lipinski definition) is 3. The predicted octanol–water partition coefficient (Wildman–Crippen LogP) is 4.59. The molecule has 26 heavy (non-hydrogen) atoms.